The molecular formula is C18H16BrN3O. The molecule has 2 N–H and O–H groups in total. The van der Waals surface area contributed by atoms with Gasteiger partial charge in [-0.1, -0.05) is 34.1 Å². The van der Waals surface area contributed by atoms with Crippen molar-refractivity contribution in [3.63, 3.8) is 0 Å². The summed E-state index contributed by atoms with van der Waals surface area (Å²) >= 11 is 3.47. The number of rotatable bonds is 3. The Labute approximate surface area is 142 Å². The van der Waals surface area contributed by atoms with Gasteiger partial charge < -0.3 is 10.7 Å². The summed E-state index contributed by atoms with van der Waals surface area (Å²) in [6, 6.07) is 14.9. The van der Waals surface area contributed by atoms with Crippen LogP contribution in [0.4, 0.5) is 5.82 Å². The van der Waals surface area contributed by atoms with Crippen LogP contribution in [0.1, 0.15) is 22.8 Å². The van der Waals surface area contributed by atoms with E-state index in [1.807, 2.05) is 36.4 Å². The van der Waals surface area contributed by atoms with Gasteiger partial charge in [-0.2, -0.15) is 0 Å². The molecule has 5 heteroatoms. The molecule has 116 valence electrons. The summed E-state index contributed by atoms with van der Waals surface area (Å²) in [7, 11) is 1.77. The number of anilines is 1. The molecule has 0 bridgehead atoms. The SMILES string of the molecule is CNc1c(C(C)=N)c2cc(Br)ccc2n1C(=O)c1ccccc1. The van der Waals surface area contributed by atoms with Gasteiger partial charge in [0, 0.05) is 33.7 Å². The van der Waals surface area contributed by atoms with Gasteiger partial charge in [-0.05, 0) is 37.3 Å². The van der Waals surface area contributed by atoms with E-state index in [2.05, 4.69) is 21.2 Å². The maximum absolute atomic E-state index is 13.0. The average Bonchev–Trinajstić information content (AvgIpc) is 2.88. The van der Waals surface area contributed by atoms with Crippen molar-refractivity contribution in [3.05, 3.63) is 64.1 Å². The Kier molecular flexibility index (Phi) is 4.05. The van der Waals surface area contributed by atoms with E-state index < -0.39 is 0 Å². The summed E-state index contributed by atoms with van der Waals surface area (Å²) in [5.41, 5.74) is 2.55. The van der Waals surface area contributed by atoms with E-state index in [0.29, 0.717) is 17.1 Å². The first-order valence-electron chi connectivity index (χ1n) is 7.21. The van der Waals surface area contributed by atoms with E-state index in [9.17, 15) is 4.79 Å². The molecule has 4 nitrogen and oxygen atoms in total. The first kappa shape index (κ1) is 15.5. The molecule has 23 heavy (non-hydrogen) atoms. The van der Waals surface area contributed by atoms with Crippen molar-refractivity contribution in [2.45, 2.75) is 6.92 Å². The van der Waals surface area contributed by atoms with E-state index in [1.165, 1.54) is 0 Å². The average molecular weight is 370 g/mol. The van der Waals surface area contributed by atoms with Crippen LogP contribution in [-0.4, -0.2) is 23.2 Å². The molecule has 0 aliphatic heterocycles. The number of aromatic nitrogens is 1. The number of hydrogen-bond donors (Lipinski definition) is 2. The molecular weight excluding hydrogens is 354 g/mol. The van der Waals surface area contributed by atoms with E-state index in [4.69, 9.17) is 5.41 Å². The molecule has 1 heterocycles. The molecule has 2 aromatic carbocycles. The predicted octanol–water partition coefficient (Wildman–Crippen LogP) is 4.52. The van der Waals surface area contributed by atoms with Gasteiger partial charge in [0.15, 0.2) is 0 Å². The molecule has 1 aromatic heterocycles. The number of nitrogens with one attached hydrogen (secondary N) is 2. The Morgan fingerprint density at radius 1 is 1.17 bits per heavy atom. The Bertz CT molecular complexity index is 913. The van der Waals surface area contributed by atoms with Crippen molar-refractivity contribution in [3.8, 4) is 0 Å². The summed E-state index contributed by atoms with van der Waals surface area (Å²) in [6.45, 7) is 1.73. The third-order valence-electron chi connectivity index (χ3n) is 3.76. The monoisotopic (exact) mass is 369 g/mol. The fourth-order valence-electron chi connectivity index (χ4n) is 2.80. The normalized spacial score (nSPS) is 10.7. The lowest BCUT2D eigenvalue weighted by molar-refractivity contribution is 0.0967. The summed E-state index contributed by atoms with van der Waals surface area (Å²) in [5, 5.41) is 12.1. The van der Waals surface area contributed by atoms with Gasteiger partial charge in [0.05, 0.1) is 5.52 Å². The minimum atomic E-state index is -0.116. The topological polar surface area (TPSA) is 57.9 Å². The Balaban J connectivity index is 2.36. The van der Waals surface area contributed by atoms with Crippen molar-refractivity contribution in [2.24, 2.45) is 0 Å². The van der Waals surface area contributed by atoms with E-state index in [-0.39, 0.29) is 5.91 Å². The number of carbonyl (C=O) groups excluding carboxylic acids is 1. The minimum absolute atomic E-state index is 0.116. The fraction of sp³-hybridized carbons (Fsp3) is 0.111. The molecule has 0 amide bonds. The van der Waals surface area contributed by atoms with Gasteiger partial charge in [0.1, 0.15) is 5.82 Å². The zero-order chi connectivity index (χ0) is 16.6. The molecule has 0 saturated heterocycles. The van der Waals surface area contributed by atoms with Crippen molar-refractivity contribution >= 4 is 44.3 Å². The standard InChI is InChI=1S/C18H16BrN3O/c1-11(20)16-14-10-13(19)8-9-15(14)22(17(16)21-2)18(23)12-6-4-3-5-7-12/h3-10,20-21H,1-2H3. The van der Waals surface area contributed by atoms with Crippen LogP contribution in [-0.2, 0) is 0 Å². The van der Waals surface area contributed by atoms with Crippen LogP contribution in [0.25, 0.3) is 10.9 Å². The predicted molar refractivity (Wildman–Crippen MR) is 97.9 cm³/mol. The summed E-state index contributed by atoms with van der Waals surface area (Å²) in [6.07, 6.45) is 0. The van der Waals surface area contributed by atoms with Gasteiger partial charge >= 0.3 is 0 Å². The van der Waals surface area contributed by atoms with Gasteiger partial charge in [-0.15, -0.1) is 0 Å². The highest BCUT2D eigenvalue weighted by molar-refractivity contribution is 9.10. The quantitative estimate of drug-likeness (QED) is 0.666. The first-order chi connectivity index (χ1) is 11.0. The van der Waals surface area contributed by atoms with Crippen molar-refractivity contribution < 1.29 is 4.79 Å². The van der Waals surface area contributed by atoms with Crippen LogP contribution in [0.2, 0.25) is 0 Å². The zero-order valence-electron chi connectivity index (χ0n) is 12.9. The fourth-order valence-corrected chi connectivity index (χ4v) is 3.16. The molecule has 0 atom stereocenters. The highest BCUT2D eigenvalue weighted by Gasteiger charge is 2.22. The molecule has 0 aliphatic carbocycles. The Morgan fingerprint density at radius 2 is 1.87 bits per heavy atom. The third-order valence-corrected chi connectivity index (χ3v) is 4.26. The second kappa shape index (κ2) is 6.01. The molecule has 0 radical (unpaired) electrons. The van der Waals surface area contributed by atoms with Crippen LogP contribution in [0, 0.1) is 5.41 Å². The smallest absolute Gasteiger partial charge is 0.263 e. The van der Waals surface area contributed by atoms with E-state index >= 15 is 0 Å². The maximum Gasteiger partial charge on any atom is 0.263 e. The van der Waals surface area contributed by atoms with Gasteiger partial charge in [0.25, 0.3) is 5.91 Å². The summed E-state index contributed by atoms with van der Waals surface area (Å²) in [4.78, 5) is 13.0. The lowest BCUT2D eigenvalue weighted by Crippen LogP contribution is -2.15. The zero-order valence-corrected chi connectivity index (χ0v) is 14.4. The second-order valence-corrected chi connectivity index (χ2v) is 6.18. The van der Waals surface area contributed by atoms with Crippen LogP contribution < -0.4 is 5.32 Å². The highest BCUT2D eigenvalue weighted by Crippen LogP contribution is 2.33. The second-order valence-electron chi connectivity index (χ2n) is 5.27. The lowest BCUT2D eigenvalue weighted by Gasteiger charge is -2.10. The van der Waals surface area contributed by atoms with Crippen LogP contribution in [0.5, 0.6) is 0 Å². The van der Waals surface area contributed by atoms with Crippen molar-refractivity contribution in [2.75, 3.05) is 12.4 Å². The lowest BCUT2D eigenvalue weighted by atomic mass is 10.1. The van der Waals surface area contributed by atoms with Crippen LogP contribution >= 0.6 is 15.9 Å². The maximum atomic E-state index is 13.0. The molecule has 0 spiro atoms. The van der Waals surface area contributed by atoms with Gasteiger partial charge in [-0.25, -0.2) is 0 Å². The molecule has 0 unspecified atom stereocenters. The van der Waals surface area contributed by atoms with Gasteiger partial charge in [-0.3, -0.25) is 9.36 Å². The Morgan fingerprint density at radius 3 is 2.48 bits per heavy atom. The molecule has 3 aromatic rings. The number of benzene rings is 2. The van der Waals surface area contributed by atoms with Crippen molar-refractivity contribution in [1.29, 1.82) is 5.41 Å². The Hall–Kier alpha value is -2.40. The largest absolute Gasteiger partial charge is 0.374 e. The third kappa shape index (κ3) is 2.57. The highest BCUT2D eigenvalue weighted by atomic mass is 79.9. The van der Waals surface area contributed by atoms with Crippen LogP contribution in [0.15, 0.2) is 53.0 Å². The first-order valence-corrected chi connectivity index (χ1v) is 8.01. The number of carbonyl (C=O) groups is 1. The summed E-state index contributed by atoms with van der Waals surface area (Å²) < 4.78 is 2.56. The van der Waals surface area contributed by atoms with Gasteiger partial charge in [0.2, 0.25) is 0 Å². The van der Waals surface area contributed by atoms with E-state index in [0.717, 1.165) is 20.9 Å². The van der Waals surface area contributed by atoms with Crippen molar-refractivity contribution in [1.82, 2.24) is 4.57 Å². The molecule has 0 fully saturated rings. The molecule has 0 saturated carbocycles. The molecule has 3 rings (SSSR count). The van der Waals surface area contributed by atoms with E-state index in [1.54, 1.807) is 30.7 Å². The minimum Gasteiger partial charge on any atom is -0.374 e. The number of hydrogen-bond acceptors (Lipinski definition) is 3. The number of fused-ring (bicyclic) bond motifs is 1. The molecule has 0 aliphatic rings. The number of halogens is 1. The summed E-state index contributed by atoms with van der Waals surface area (Å²) in [5.74, 6) is 0.522. The number of nitrogens with zero attached hydrogens (tertiary/aromatic N) is 1. The van der Waals surface area contributed by atoms with Crippen LogP contribution in [0.3, 0.4) is 0 Å².